The largest absolute Gasteiger partial charge is 0.396 e. The van der Waals surface area contributed by atoms with Crippen molar-refractivity contribution in [2.75, 3.05) is 6.61 Å². The summed E-state index contributed by atoms with van der Waals surface area (Å²) in [6, 6.07) is 0. The highest BCUT2D eigenvalue weighted by Crippen LogP contribution is 2.64. The van der Waals surface area contributed by atoms with Gasteiger partial charge in [-0.05, 0) is 104 Å². The number of aliphatic hydroxyl groups is 1. The lowest BCUT2D eigenvalue weighted by Gasteiger charge is -2.61. The molecule has 1 heteroatoms. The molecule has 1 N–H and O–H groups in total. The van der Waals surface area contributed by atoms with Crippen LogP contribution in [0.2, 0.25) is 0 Å². The monoisotopic (exact) mass is 332 g/mol. The van der Waals surface area contributed by atoms with Crippen molar-refractivity contribution in [3.63, 3.8) is 0 Å². The van der Waals surface area contributed by atoms with E-state index in [0.717, 1.165) is 41.4 Å². The Morgan fingerprint density at radius 2 is 1.75 bits per heavy atom. The van der Waals surface area contributed by atoms with E-state index in [0.29, 0.717) is 17.9 Å². The molecule has 4 aliphatic carbocycles. The fourth-order valence-corrected chi connectivity index (χ4v) is 8.39. The molecule has 4 fully saturated rings. The molecule has 24 heavy (non-hydrogen) atoms. The van der Waals surface area contributed by atoms with Gasteiger partial charge < -0.3 is 5.11 Å². The standard InChI is InChI=1S/C23H40O/c1-15-7-9-18-17(13-15)8-10-20-19(18)11-12-23(3)21(16(2)14-24)5-4-6-22(20)23/h15-22,24H,4-14H2,1-3H3. The Balaban J connectivity index is 1.56. The Labute approximate surface area is 150 Å². The predicted octanol–water partition coefficient (Wildman–Crippen LogP) is 5.91. The second kappa shape index (κ2) is 6.60. The van der Waals surface area contributed by atoms with Gasteiger partial charge in [0.25, 0.3) is 0 Å². The molecule has 9 unspecified atom stereocenters. The first-order valence-electron chi connectivity index (χ1n) is 11.2. The molecule has 4 saturated carbocycles. The molecule has 0 spiro atoms. The zero-order valence-electron chi connectivity index (χ0n) is 16.3. The Hall–Kier alpha value is -0.0400. The first kappa shape index (κ1) is 17.4. The lowest BCUT2D eigenvalue weighted by molar-refractivity contribution is -0.123. The Bertz CT molecular complexity index is 445. The second-order valence-corrected chi connectivity index (χ2v) is 10.6. The first-order chi connectivity index (χ1) is 11.5. The highest BCUT2D eigenvalue weighted by Gasteiger charge is 2.55. The number of rotatable bonds is 2. The molecule has 0 bridgehead atoms. The number of hydrogen-bond acceptors (Lipinski definition) is 1. The summed E-state index contributed by atoms with van der Waals surface area (Å²) in [6.45, 7) is 7.81. The molecule has 1 nitrogen and oxygen atoms in total. The summed E-state index contributed by atoms with van der Waals surface area (Å²) in [5, 5.41) is 9.80. The van der Waals surface area contributed by atoms with Gasteiger partial charge in [-0.3, -0.25) is 0 Å². The van der Waals surface area contributed by atoms with E-state index in [1.165, 1.54) is 64.2 Å². The van der Waals surface area contributed by atoms with Crippen molar-refractivity contribution in [3.8, 4) is 0 Å². The van der Waals surface area contributed by atoms with E-state index >= 15 is 0 Å². The molecule has 4 aliphatic rings. The third kappa shape index (κ3) is 2.68. The van der Waals surface area contributed by atoms with Gasteiger partial charge in [-0.15, -0.1) is 0 Å². The molecule has 0 radical (unpaired) electrons. The van der Waals surface area contributed by atoms with E-state index in [-0.39, 0.29) is 0 Å². The minimum absolute atomic E-state index is 0.393. The average molecular weight is 333 g/mol. The van der Waals surface area contributed by atoms with Gasteiger partial charge in [-0.2, -0.15) is 0 Å². The van der Waals surface area contributed by atoms with Crippen LogP contribution < -0.4 is 0 Å². The van der Waals surface area contributed by atoms with Crippen LogP contribution in [0.5, 0.6) is 0 Å². The average Bonchev–Trinajstić information content (AvgIpc) is 2.59. The van der Waals surface area contributed by atoms with E-state index in [1.54, 1.807) is 0 Å². The van der Waals surface area contributed by atoms with Crippen molar-refractivity contribution in [3.05, 3.63) is 0 Å². The van der Waals surface area contributed by atoms with Crippen molar-refractivity contribution in [1.82, 2.24) is 0 Å². The van der Waals surface area contributed by atoms with Crippen LogP contribution in [0.25, 0.3) is 0 Å². The van der Waals surface area contributed by atoms with E-state index in [9.17, 15) is 5.11 Å². The fraction of sp³-hybridized carbons (Fsp3) is 1.00. The van der Waals surface area contributed by atoms with Crippen LogP contribution in [0.15, 0.2) is 0 Å². The summed E-state index contributed by atoms with van der Waals surface area (Å²) in [5.74, 6) is 7.43. The molecule has 0 aromatic heterocycles. The third-order valence-corrected chi connectivity index (χ3v) is 9.51. The second-order valence-electron chi connectivity index (χ2n) is 10.6. The van der Waals surface area contributed by atoms with Crippen LogP contribution in [-0.4, -0.2) is 11.7 Å². The molecule has 0 amide bonds. The summed E-state index contributed by atoms with van der Waals surface area (Å²) in [5.41, 5.74) is 0.524. The van der Waals surface area contributed by atoms with E-state index < -0.39 is 0 Å². The van der Waals surface area contributed by atoms with E-state index in [1.807, 2.05) is 0 Å². The zero-order valence-corrected chi connectivity index (χ0v) is 16.3. The minimum atomic E-state index is 0.393. The zero-order chi connectivity index (χ0) is 16.9. The summed E-state index contributed by atoms with van der Waals surface area (Å²) in [6.07, 6.45) is 14.8. The van der Waals surface area contributed by atoms with Crippen LogP contribution in [0.3, 0.4) is 0 Å². The molecule has 4 rings (SSSR count). The minimum Gasteiger partial charge on any atom is -0.396 e. The fourth-order valence-electron chi connectivity index (χ4n) is 8.39. The van der Waals surface area contributed by atoms with Gasteiger partial charge in [0.1, 0.15) is 0 Å². The van der Waals surface area contributed by atoms with Crippen molar-refractivity contribution in [2.45, 2.75) is 85.0 Å². The van der Waals surface area contributed by atoms with Crippen LogP contribution in [0, 0.1) is 52.8 Å². The van der Waals surface area contributed by atoms with Crippen molar-refractivity contribution < 1.29 is 5.11 Å². The first-order valence-corrected chi connectivity index (χ1v) is 11.2. The maximum Gasteiger partial charge on any atom is 0.0459 e. The molecule has 0 aromatic carbocycles. The van der Waals surface area contributed by atoms with Gasteiger partial charge in [0.15, 0.2) is 0 Å². The van der Waals surface area contributed by atoms with Crippen LogP contribution in [-0.2, 0) is 0 Å². The molecule has 0 aromatic rings. The van der Waals surface area contributed by atoms with Crippen LogP contribution in [0.1, 0.15) is 85.0 Å². The lowest BCUT2D eigenvalue weighted by atomic mass is 9.44. The maximum absolute atomic E-state index is 9.80. The summed E-state index contributed by atoms with van der Waals surface area (Å²) >= 11 is 0. The Morgan fingerprint density at radius 1 is 0.958 bits per heavy atom. The highest BCUT2D eigenvalue weighted by atomic mass is 16.3. The SMILES string of the molecule is CC1CCC2C(CCC3C2CCC2(C)C(C(C)CO)CCCC32)C1. The van der Waals surface area contributed by atoms with Crippen LogP contribution in [0.4, 0.5) is 0 Å². The molecule has 0 saturated heterocycles. The molecule has 9 atom stereocenters. The summed E-state index contributed by atoms with van der Waals surface area (Å²) in [7, 11) is 0. The Morgan fingerprint density at radius 3 is 2.54 bits per heavy atom. The highest BCUT2D eigenvalue weighted by molar-refractivity contribution is 5.05. The number of fused-ring (bicyclic) bond motifs is 5. The van der Waals surface area contributed by atoms with Crippen LogP contribution >= 0.6 is 0 Å². The maximum atomic E-state index is 9.80. The van der Waals surface area contributed by atoms with Gasteiger partial charge in [0, 0.05) is 6.61 Å². The van der Waals surface area contributed by atoms with Crippen molar-refractivity contribution in [1.29, 1.82) is 0 Å². The van der Waals surface area contributed by atoms with Gasteiger partial charge in [-0.25, -0.2) is 0 Å². The quantitative estimate of drug-likeness (QED) is 0.666. The normalized spacial score (nSPS) is 52.8. The van der Waals surface area contributed by atoms with Gasteiger partial charge in [0.2, 0.25) is 0 Å². The van der Waals surface area contributed by atoms with Gasteiger partial charge in [-0.1, -0.05) is 33.6 Å². The predicted molar refractivity (Wildman–Crippen MR) is 101 cm³/mol. The smallest absolute Gasteiger partial charge is 0.0459 e. The van der Waals surface area contributed by atoms with Crippen molar-refractivity contribution >= 4 is 0 Å². The third-order valence-electron chi connectivity index (χ3n) is 9.51. The number of hydrogen-bond donors (Lipinski definition) is 1. The van der Waals surface area contributed by atoms with Crippen molar-refractivity contribution in [2.24, 2.45) is 52.8 Å². The molecular weight excluding hydrogens is 292 g/mol. The van der Waals surface area contributed by atoms with E-state index in [2.05, 4.69) is 20.8 Å². The topological polar surface area (TPSA) is 20.2 Å². The summed E-state index contributed by atoms with van der Waals surface area (Å²) in [4.78, 5) is 0. The van der Waals surface area contributed by atoms with Gasteiger partial charge in [0.05, 0.1) is 0 Å². The lowest BCUT2D eigenvalue weighted by Crippen LogP contribution is -2.53. The molecule has 0 aliphatic heterocycles. The summed E-state index contributed by atoms with van der Waals surface area (Å²) < 4.78 is 0. The van der Waals surface area contributed by atoms with Gasteiger partial charge >= 0.3 is 0 Å². The van der Waals surface area contributed by atoms with E-state index in [4.69, 9.17) is 0 Å². The Kier molecular flexibility index (Phi) is 4.78. The molecule has 138 valence electrons. The molecule has 0 heterocycles. The molecular formula is C23H40O. The number of aliphatic hydroxyl groups excluding tert-OH is 1.